The van der Waals surface area contributed by atoms with Gasteiger partial charge in [-0.05, 0) is 46.8 Å². The summed E-state index contributed by atoms with van der Waals surface area (Å²) in [6.45, 7) is 9.45. The second-order valence-corrected chi connectivity index (χ2v) is 6.37. The molecule has 1 N–H and O–H groups in total. The van der Waals surface area contributed by atoms with E-state index in [0.29, 0.717) is 11.6 Å². The molecule has 0 spiro atoms. The smallest absolute Gasteiger partial charge is 0.232 e. The predicted octanol–water partition coefficient (Wildman–Crippen LogP) is 3.84. The number of nitrogens with one attached hydrogen (secondary N) is 1. The lowest BCUT2D eigenvalue weighted by atomic mass is 9.99. The monoisotopic (exact) mass is 338 g/mol. The van der Waals surface area contributed by atoms with Crippen molar-refractivity contribution in [2.24, 2.45) is 0 Å². The molecular formula is C19H22N4O2. The Kier molecular flexibility index (Phi) is 4.44. The van der Waals surface area contributed by atoms with Gasteiger partial charge in [0.25, 0.3) is 0 Å². The van der Waals surface area contributed by atoms with Crippen molar-refractivity contribution >= 4 is 11.7 Å². The molecule has 0 bridgehead atoms. The summed E-state index contributed by atoms with van der Waals surface area (Å²) in [6.07, 6.45) is 0. The Labute approximate surface area is 146 Å². The van der Waals surface area contributed by atoms with Gasteiger partial charge in [-0.2, -0.15) is 5.10 Å². The normalized spacial score (nSPS) is 12.2. The van der Waals surface area contributed by atoms with Gasteiger partial charge in [-0.25, -0.2) is 4.68 Å². The first-order chi connectivity index (χ1) is 11.9. The number of carbonyl (C=O) groups excluding carboxylic acids is 1. The Hall–Kier alpha value is -2.89. The predicted molar refractivity (Wildman–Crippen MR) is 96.1 cm³/mol. The van der Waals surface area contributed by atoms with E-state index >= 15 is 0 Å². The van der Waals surface area contributed by atoms with Crippen LogP contribution in [0.15, 0.2) is 34.9 Å². The SMILES string of the molecule is Cc1ccc(-n2nc(C)cc2NC(=O)[C@@H](C)c2c(C)noc2C)cc1. The Morgan fingerprint density at radius 3 is 2.44 bits per heavy atom. The number of aromatic nitrogens is 3. The fraction of sp³-hybridized carbons (Fsp3) is 0.316. The third-order valence-corrected chi connectivity index (χ3v) is 4.28. The second kappa shape index (κ2) is 6.55. The molecule has 2 aromatic heterocycles. The molecule has 1 atom stereocenters. The minimum absolute atomic E-state index is 0.123. The van der Waals surface area contributed by atoms with Crippen molar-refractivity contribution in [2.75, 3.05) is 5.32 Å². The van der Waals surface area contributed by atoms with Gasteiger partial charge in [0.2, 0.25) is 5.91 Å². The van der Waals surface area contributed by atoms with Crippen molar-refractivity contribution in [1.29, 1.82) is 0 Å². The molecule has 1 amide bonds. The van der Waals surface area contributed by atoms with E-state index in [2.05, 4.69) is 15.6 Å². The average Bonchev–Trinajstić information content (AvgIpc) is 3.09. The van der Waals surface area contributed by atoms with Gasteiger partial charge in [0.1, 0.15) is 11.6 Å². The number of rotatable bonds is 4. The number of hydrogen-bond acceptors (Lipinski definition) is 4. The Bertz CT molecular complexity index is 887. The van der Waals surface area contributed by atoms with E-state index in [-0.39, 0.29) is 11.8 Å². The lowest BCUT2D eigenvalue weighted by molar-refractivity contribution is -0.117. The molecule has 0 radical (unpaired) electrons. The Morgan fingerprint density at radius 2 is 1.84 bits per heavy atom. The number of anilines is 1. The zero-order valence-electron chi connectivity index (χ0n) is 15.1. The maximum absolute atomic E-state index is 12.7. The van der Waals surface area contributed by atoms with E-state index in [1.165, 1.54) is 5.56 Å². The van der Waals surface area contributed by atoms with Crippen LogP contribution < -0.4 is 5.32 Å². The van der Waals surface area contributed by atoms with Crippen molar-refractivity contribution in [3.05, 3.63) is 58.6 Å². The van der Waals surface area contributed by atoms with Crippen LogP contribution in [0.2, 0.25) is 0 Å². The van der Waals surface area contributed by atoms with Crippen LogP contribution in [0.1, 0.15) is 41.1 Å². The van der Waals surface area contributed by atoms with Crippen LogP contribution in [0.25, 0.3) is 5.69 Å². The van der Waals surface area contributed by atoms with E-state index in [1.807, 2.05) is 65.0 Å². The maximum atomic E-state index is 12.7. The number of aryl methyl sites for hydroxylation is 4. The Morgan fingerprint density at radius 1 is 1.16 bits per heavy atom. The van der Waals surface area contributed by atoms with Crippen LogP contribution in [0.5, 0.6) is 0 Å². The molecule has 3 aromatic rings. The first kappa shape index (κ1) is 17.0. The lowest BCUT2D eigenvalue weighted by Gasteiger charge is -2.13. The third kappa shape index (κ3) is 3.33. The molecule has 0 fully saturated rings. The van der Waals surface area contributed by atoms with Crippen molar-refractivity contribution in [2.45, 2.75) is 40.5 Å². The van der Waals surface area contributed by atoms with Crippen LogP contribution in [-0.4, -0.2) is 20.8 Å². The topological polar surface area (TPSA) is 73.0 Å². The lowest BCUT2D eigenvalue weighted by Crippen LogP contribution is -2.21. The van der Waals surface area contributed by atoms with E-state index in [4.69, 9.17) is 4.52 Å². The second-order valence-electron chi connectivity index (χ2n) is 6.37. The fourth-order valence-electron chi connectivity index (χ4n) is 2.95. The molecular weight excluding hydrogens is 316 g/mol. The summed E-state index contributed by atoms with van der Waals surface area (Å²) in [6, 6.07) is 9.86. The summed E-state index contributed by atoms with van der Waals surface area (Å²) in [5, 5.41) is 11.4. The molecule has 0 saturated heterocycles. The highest BCUT2D eigenvalue weighted by atomic mass is 16.5. The number of nitrogens with zero attached hydrogens (tertiary/aromatic N) is 3. The minimum Gasteiger partial charge on any atom is -0.361 e. The minimum atomic E-state index is -0.368. The van der Waals surface area contributed by atoms with Crippen LogP contribution >= 0.6 is 0 Å². The van der Waals surface area contributed by atoms with E-state index < -0.39 is 0 Å². The molecule has 0 aliphatic rings. The molecule has 6 nitrogen and oxygen atoms in total. The molecule has 6 heteroatoms. The van der Waals surface area contributed by atoms with Gasteiger partial charge in [-0.1, -0.05) is 22.9 Å². The summed E-state index contributed by atoms with van der Waals surface area (Å²) in [5.41, 5.74) is 4.48. The summed E-state index contributed by atoms with van der Waals surface area (Å²) in [5.74, 6) is 0.823. The zero-order valence-corrected chi connectivity index (χ0v) is 15.1. The highest BCUT2D eigenvalue weighted by Gasteiger charge is 2.24. The number of amides is 1. The molecule has 130 valence electrons. The van der Waals surface area contributed by atoms with E-state index in [9.17, 15) is 4.79 Å². The van der Waals surface area contributed by atoms with Crippen molar-refractivity contribution in [3.63, 3.8) is 0 Å². The number of carbonyl (C=O) groups is 1. The fourth-order valence-corrected chi connectivity index (χ4v) is 2.95. The summed E-state index contributed by atoms with van der Waals surface area (Å²) >= 11 is 0. The zero-order chi connectivity index (χ0) is 18.1. The average molecular weight is 338 g/mol. The molecule has 0 saturated carbocycles. The van der Waals surface area contributed by atoms with Crippen LogP contribution in [0, 0.1) is 27.7 Å². The molecule has 25 heavy (non-hydrogen) atoms. The van der Waals surface area contributed by atoms with Gasteiger partial charge < -0.3 is 9.84 Å². The maximum Gasteiger partial charge on any atom is 0.232 e. The Balaban J connectivity index is 1.88. The van der Waals surface area contributed by atoms with Gasteiger partial charge in [-0.15, -0.1) is 0 Å². The molecule has 0 unspecified atom stereocenters. The van der Waals surface area contributed by atoms with Gasteiger partial charge in [-0.3, -0.25) is 4.79 Å². The molecule has 2 heterocycles. The van der Waals surface area contributed by atoms with Crippen molar-refractivity contribution < 1.29 is 9.32 Å². The highest BCUT2D eigenvalue weighted by Crippen LogP contribution is 2.25. The molecule has 0 aliphatic heterocycles. The first-order valence-electron chi connectivity index (χ1n) is 8.24. The van der Waals surface area contributed by atoms with Gasteiger partial charge in [0, 0.05) is 11.6 Å². The van der Waals surface area contributed by atoms with Gasteiger partial charge >= 0.3 is 0 Å². The van der Waals surface area contributed by atoms with E-state index in [0.717, 1.165) is 22.6 Å². The van der Waals surface area contributed by atoms with Gasteiger partial charge in [0.15, 0.2) is 0 Å². The van der Waals surface area contributed by atoms with Gasteiger partial charge in [0.05, 0.1) is 23.0 Å². The number of benzene rings is 1. The third-order valence-electron chi connectivity index (χ3n) is 4.28. The summed E-state index contributed by atoms with van der Waals surface area (Å²) in [7, 11) is 0. The van der Waals surface area contributed by atoms with Crippen molar-refractivity contribution in [1.82, 2.24) is 14.9 Å². The first-order valence-corrected chi connectivity index (χ1v) is 8.24. The van der Waals surface area contributed by atoms with Crippen LogP contribution in [0.4, 0.5) is 5.82 Å². The standard InChI is InChI=1S/C19H22N4O2/c1-11-6-8-16(9-7-11)23-17(10-12(2)21-23)20-19(24)13(3)18-14(4)22-25-15(18)5/h6-10,13H,1-5H3,(H,20,24)/t13-/m0/s1. The largest absolute Gasteiger partial charge is 0.361 e. The number of hydrogen-bond donors (Lipinski definition) is 1. The van der Waals surface area contributed by atoms with Crippen LogP contribution in [0.3, 0.4) is 0 Å². The summed E-state index contributed by atoms with van der Waals surface area (Å²) in [4.78, 5) is 12.7. The molecule has 0 aliphatic carbocycles. The molecule has 1 aromatic carbocycles. The quantitative estimate of drug-likeness (QED) is 0.784. The molecule has 3 rings (SSSR count). The van der Waals surface area contributed by atoms with E-state index in [1.54, 1.807) is 4.68 Å². The van der Waals surface area contributed by atoms with Crippen LogP contribution in [-0.2, 0) is 4.79 Å². The highest BCUT2D eigenvalue weighted by molar-refractivity contribution is 5.95. The summed E-state index contributed by atoms with van der Waals surface area (Å²) < 4.78 is 6.92. The van der Waals surface area contributed by atoms with Crippen molar-refractivity contribution in [3.8, 4) is 5.69 Å².